The van der Waals surface area contributed by atoms with Crippen molar-refractivity contribution in [3.63, 3.8) is 0 Å². The third-order valence-corrected chi connectivity index (χ3v) is 9.21. The van der Waals surface area contributed by atoms with E-state index in [4.69, 9.17) is 18.9 Å². The van der Waals surface area contributed by atoms with Gasteiger partial charge in [-0.1, -0.05) is 26.0 Å². The first-order chi connectivity index (χ1) is 18.0. The van der Waals surface area contributed by atoms with E-state index < -0.39 is 21.2 Å². The third-order valence-electron chi connectivity index (χ3n) is 7.15. The Bertz CT molecular complexity index is 1360. The number of rotatable bonds is 11. The van der Waals surface area contributed by atoms with Crippen LogP contribution in [0.3, 0.4) is 0 Å². The van der Waals surface area contributed by atoms with Gasteiger partial charge in [0.05, 0.1) is 32.7 Å². The second-order valence-electron chi connectivity index (χ2n) is 10.3. The van der Waals surface area contributed by atoms with Crippen molar-refractivity contribution in [3.05, 3.63) is 36.4 Å². The monoisotopic (exact) mass is 545 g/mol. The zero-order valence-corrected chi connectivity index (χ0v) is 23.7. The summed E-state index contributed by atoms with van der Waals surface area (Å²) in [6.45, 7) is 6.06. The lowest BCUT2D eigenvalue weighted by Crippen LogP contribution is -2.47. The summed E-state index contributed by atoms with van der Waals surface area (Å²) in [6.07, 6.45) is 2.71. The molecule has 1 aliphatic carbocycles. The fraction of sp³-hybridized carbons (Fsp3) is 0.538. The molecule has 206 valence electrons. The van der Waals surface area contributed by atoms with Gasteiger partial charge in [0.2, 0.25) is 11.8 Å². The van der Waals surface area contributed by atoms with Crippen molar-refractivity contribution in [3.8, 4) is 34.6 Å². The highest BCUT2D eigenvalue weighted by Crippen LogP contribution is 2.48. The van der Waals surface area contributed by atoms with Gasteiger partial charge >= 0.3 is 0 Å². The van der Waals surface area contributed by atoms with Crippen LogP contribution < -0.4 is 14.2 Å². The van der Waals surface area contributed by atoms with Gasteiger partial charge in [-0.05, 0) is 43.2 Å². The van der Waals surface area contributed by atoms with E-state index in [2.05, 4.69) is 34.0 Å². The summed E-state index contributed by atoms with van der Waals surface area (Å²) < 4.78 is 51.2. The Labute approximate surface area is 223 Å². The zero-order chi connectivity index (χ0) is 27.7. The van der Waals surface area contributed by atoms with Crippen molar-refractivity contribution in [2.75, 3.05) is 28.4 Å². The minimum Gasteiger partial charge on any atom is -0.497 e. The van der Waals surface area contributed by atoms with Crippen LogP contribution in [0.15, 0.2) is 30.6 Å². The van der Waals surface area contributed by atoms with Crippen LogP contribution >= 0.6 is 0 Å². The molecule has 12 heteroatoms. The molecule has 2 heterocycles. The van der Waals surface area contributed by atoms with E-state index in [1.807, 2.05) is 12.1 Å². The van der Waals surface area contributed by atoms with Crippen LogP contribution in [0.25, 0.3) is 17.1 Å². The largest absolute Gasteiger partial charge is 0.497 e. The maximum absolute atomic E-state index is 13.8. The average Bonchev–Trinajstić information content (AvgIpc) is 3.29. The Morgan fingerprint density at radius 1 is 1.03 bits per heavy atom. The maximum Gasteiger partial charge on any atom is 0.245 e. The second-order valence-corrected chi connectivity index (χ2v) is 12.7. The molecule has 0 N–H and O–H groups in total. The van der Waals surface area contributed by atoms with Gasteiger partial charge in [0.25, 0.3) is 0 Å². The van der Waals surface area contributed by atoms with Gasteiger partial charge in [0.1, 0.15) is 17.8 Å². The van der Waals surface area contributed by atoms with Crippen molar-refractivity contribution < 1.29 is 27.4 Å². The average molecular weight is 546 g/mol. The van der Waals surface area contributed by atoms with Crippen molar-refractivity contribution in [1.29, 1.82) is 0 Å². The number of ether oxygens (including phenoxy) is 4. The van der Waals surface area contributed by atoms with E-state index >= 15 is 0 Å². The maximum atomic E-state index is 13.8. The molecule has 1 fully saturated rings. The summed E-state index contributed by atoms with van der Waals surface area (Å²) in [5, 5.41) is 7.93. The highest BCUT2D eigenvalue weighted by Gasteiger charge is 2.45. The van der Waals surface area contributed by atoms with Gasteiger partial charge in [-0.2, -0.15) is 9.97 Å². The van der Waals surface area contributed by atoms with E-state index in [9.17, 15) is 8.42 Å². The van der Waals surface area contributed by atoms with Crippen LogP contribution in [0, 0.1) is 11.3 Å². The van der Waals surface area contributed by atoms with E-state index in [0.29, 0.717) is 22.8 Å². The molecular weight excluding hydrogens is 510 g/mol. The van der Waals surface area contributed by atoms with Gasteiger partial charge < -0.3 is 18.9 Å². The highest BCUT2D eigenvalue weighted by molar-refractivity contribution is 7.91. The molecule has 4 rings (SSSR count). The molecule has 1 aliphatic rings. The SMILES string of the molecule is COc1cccc(-c2nnc(CS(=O)(=O)[C@@H](C)[C@@H](OC)C3CC(C)(C)C3)n2-c2c(OC)ncnc2OC)c1. The molecule has 2 aromatic heterocycles. The van der Waals surface area contributed by atoms with Crippen LogP contribution in [0.1, 0.15) is 39.4 Å². The Kier molecular flexibility index (Phi) is 7.93. The predicted octanol–water partition coefficient (Wildman–Crippen LogP) is 3.50. The van der Waals surface area contributed by atoms with Crippen LogP contribution in [-0.2, 0) is 20.3 Å². The topological polar surface area (TPSA) is 128 Å². The van der Waals surface area contributed by atoms with Gasteiger partial charge in [-0.25, -0.2) is 8.42 Å². The minimum atomic E-state index is -3.73. The van der Waals surface area contributed by atoms with Gasteiger partial charge in [0, 0.05) is 12.7 Å². The zero-order valence-electron chi connectivity index (χ0n) is 22.8. The molecule has 38 heavy (non-hydrogen) atoms. The lowest BCUT2D eigenvalue weighted by Gasteiger charge is -2.47. The molecule has 11 nitrogen and oxygen atoms in total. The van der Waals surface area contributed by atoms with Gasteiger partial charge in [0.15, 0.2) is 27.2 Å². The third kappa shape index (κ3) is 5.32. The highest BCUT2D eigenvalue weighted by atomic mass is 32.2. The molecule has 2 atom stereocenters. The Morgan fingerprint density at radius 2 is 1.68 bits per heavy atom. The molecule has 0 saturated heterocycles. The number of aromatic nitrogens is 5. The summed E-state index contributed by atoms with van der Waals surface area (Å²) in [7, 11) is 2.33. The van der Waals surface area contributed by atoms with Gasteiger partial charge in [-0.15, -0.1) is 10.2 Å². The predicted molar refractivity (Wildman–Crippen MR) is 141 cm³/mol. The first-order valence-electron chi connectivity index (χ1n) is 12.3. The standard InChI is InChI=1S/C26H35N5O6S/c1-16(22(35-5)18-12-26(2,3)13-18)38(32,33)14-20-29-30-23(17-9-8-10-19(11-17)34-4)31(20)21-24(36-6)27-15-28-25(21)37-7/h8-11,15-16,18,22H,12-14H2,1-7H3/t16-,22+/m0/s1. The van der Waals surface area contributed by atoms with Crippen molar-refractivity contribution >= 4 is 9.84 Å². The molecule has 0 spiro atoms. The van der Waals surface area contributed by atoms with E-state index in [-0.39, 0.29) is 34.7 Å². The number of methoxy groups -OCH3 is 4. The Balaban J connectivity index is 1.81. The van der Waals surface area contributed by atoms with Crippen molar-refractivity contribution in [2.24, 2.45) is 11.3 Å². The summed E-state index contributed by atoms with van der Waals surface area (Å²) >= 11 is 0. The van der Waals surface area contributed by atoms with Gasteiger partial charge in [-0.3, -0.25) is 4.57 Å². The van der Waals surface area contributed by atoms with E-state index in [1.54, 1.807) is 37.8 Å². The molecule has 0 aliphatic heterocycles. The first-order valence-corrected chi connectivity index (χ1v) is 14.0. The number of nitrogens with zero attached hydrogens (tertiary/aromatic N) is 5. The first kappa shape index (κ1) is 27.8. The lowest BCUT2D eigenvalue weighted by molar-refractivity contribution is -0.0368. The normalized spacial score (nSPS) is 16.9. The molecule has 0 amide bonds. The van der Waals surface area contributed by atoms with E-state index in [1.165, 1.54) is 20.5 Å². The molecule has 0 unspecified atom stereocenters. The number of hydrogen-bond acceptors (Lipinski definition) is 10. The van der Waals surface area contributed by atoms with Crippen LogP contribution in [-0.4, -0.2) is 72.9 Å². The summed E-state index contributed by atoms with van der Waals surface area (Å²) in [5.41, 5.74) is 1.13. The number of sulfone groups is 1. The fourth-order valence-electron chi connectivity index (χ4n) is 5.31. The second kappa shape index (κ2) is 10.9. The van der Waals surface area contributed by atoms with Crippen molar-refractivity contribution in [1.82, 2.24) is 24.7 Å². The smallest absolute Gasteiger partial charge is 0.245 e. The van der Waals surface area contributed by atoms with Crippen LogP contribution in [0.2, 0.25) is 0 Å². The summed E-state index contributed by atoms with van der Waals surface area (Å²) in [5.74, 6) is 1.28. The van der Waals surface area contributed by atoms with Crippen LogP contribution in [0.4, 0.5) is 0 Å². The molecular formula is C26H35N5O6S. The molecule has 0 bridgehead atoms. The Morgan fingerprint density at radius 3 is 2.24 bits per heavy atom. The van der Waals surface area contributed by atoms with Crippen LogP contribution in [0.5, 0.6) is 17.5 Å². The quantitative estimate of drug-likeness (QED) is 0.353. The van der Waals surface area contributed by atoms with Crippen molar-refractivity contribution in [2.45, 2.75) is 50.7 Å². The minimum absolute atomic E-state index is 0.171. The summed E-state index contributed by atoms with van der Waals surface area (Å²) in [4.78, 5) is 8.43. The molecule has 1 aromatic carbocycles. The lowest BCUT2D eigenvalue weighted by atomic mass is 9.62. The Hall–Kier alpha value is -3.25. The number of benzene rings is 1. The molecule has 3 aromatic rings. The van der Waals surface area contributed by atoms with E-state index in [0.717, 1.165) is 12.8 Å². The summed E-state index contributed by atoms with van der Waals surface area (Å²) in [6, 6.07) is 7.22. The fourth-order valence-corrected chi connectivity index (χ4v) is 6.86. The molecule has 0 radical (unpaired) electrons. The molecule has 1 saturated carbocycles. The number of hydrogen-bond donors (Lipinski definition) is 0.